The van der Waals surface area contributed by atoms with E-state index < -0.39 is 11.9 Å². The van der Waals surface area contributed by atoms with E-state index in [2.05, 4.69) is 0 Å². The van der Waals surface area contributed by atoms with Crippen molar-refractivity contribution in [3.63, 3.8) is 0 Å². The van der Waals surface area contributed by atoms with Gasteiger partial charge < -0.3 is 25.3 Å². The molecule has 0 aromatic carbocycles. The van der Waals surface area contributed by atoms with Crippen LogP contribution in [0.1, 0.15) is 13.8 Å². The molecule has 2 N–H and O–H groups in total. The van der Waals surface area contributed by atoms with Crippen LogP contribution in [-0.4, -0.2) is 41.3 Å². The molecule has 0 fully saturated rings. The normalized spacial score (nSPS) is 5.00. The topological polar surface area (TPSA) is 112 Å². The number of carbonyl (C=O) groups is 2. The van der Waals surface area contributed by atoms with E-state index >= 15 is 0 Å². The minimum absolute atomic E-state index is 0. The molecule has 0 saturated carbocycles. The minimum atomic E-state index is -1.08. The third-order valence-corrected chi connectivity index (χ3v) is 0. The number of rotatable bonds is 0. The molecule has 58 valence electrons. The summed E-state index contributed by atoms with van der Waals surface area (Å²) in [6.07, 6.45) is 0. The van der Waals surface area contributed by atoms with Crippen molar-refractivity contribution in [1.29, 1.82) is 0 Å². The van der Waals surface area contributed by atoms with E-state index in [1.807, 2.05) is 0 Å². The molecule has 0 bridgehead atoms. The Hall–Kier alpha value is -0.301. The number of aliphatic carboxylic acids is 2. The summed E-state index contributed by atoms with van der Waals surface area (Å²) < 4.78 is 0. The first-order valence-electron chi connectivity index (χ1n) is 1.82. The van der Waals surface area contributed by atoms with Crippen LogP contribution in [0.2, 0.25) is 0 Å². The second-order valence-corrected chi connectivity index (χ2v) is 0.983. The predicted octanol–water partition coefficient (Wildman–Crippen LogP) is -3.69. The third-order valence-electron chi connectivity index (χ3n) is 0. The molecule has 0 heterocycles. The molecular formula is C4H8O5Sn. The standard InChI is InChI=1S/2C2H4O2.H2O.Sn/c2*1-2(3)4;;/h2*1H3,(H,3,4);1H2;/q;;;+2/p-2. The first-order chi connectivity index (χ1) is 3.46. The molecule has 0 aliphatic rings. The molecule has 2 radical (unpaired) electrons. The average molecular weight is 255 g/mol. The molecular weight excluding hydrogens is 247 g/mol. The van der Waals surface area contributed by atoms with Crippen LogP contribution >= 0.6 is 0 Å². The van der Waals surface area contributed by atoms with Gasteiger partial charge in [0, 0.05) is 11.9 Å². The summed E-state index contributed by atoms with van der Waals surface area (Å²) >= 11 is 0. The van der Waals surface area contributed by atoms with E-state index in [1.54, 1.807) is 0 Å². The van der Waals surface area contributed by atoms with Gasteiger partial charge in [0.25, 0.3) is 0 Å². The number of hydrogen-bond acceptors (Lipinski definition) is 4. The van der Waals surface area contributed by atoms with Crippen LogP contribution in [0.5, 0.6) is 0 Å². The fraction of sp³-hybridized carbons (Fsp3) is 0.500. The Kier molecular flexibility index (Phi) is 35.9. The largest absolute Gasteiger partial charge is 2.00 e. The van der Waals surface area contributed by atoms with Crippen molar-refractivity contribution in [2.24, 2.45) is 0 Å². The van der Waals surface area contributed by atoms with Crippen LogP contribution in [0, 0.1) is 0 Å². The van der Waals surface area contributed by atoms with E-state index in [0.717, 1.165) is 13.8 Å². The zero-order valence-corrected chi connectivity index (χ0v) is 8.49. The number of carbonyl (C=O) groups excluding carboxylic acids is 2. The number of carboxylic acids is 2. The molecule has 0 saturated heterocycles. The van der Waals surface area contributed by atoms with Crippen molar-refractivity contribution in [3.8, 4) is 0 Å². The van der Waals surface area contributed by atoms with Gasteiger partial charge >= 0.3 is 23.9 Å². The Morgan fingerprint density at radius 1 is 1.00 bits per heavy atom. The summed E-state index contributed by atoms with van der Waals surface area (Å²) in [6.45, 7) is 1.94. The summed E-state index contributed by atoms with van der Waals surface area (Å²) in [4.78, 5) is 17.8. The van der Waals surface area contributed by atoms with Gasteiger partial charge in [-0.15, -0.1) is 0 Å². The van der Waals surface area contributed by atoms with Gasteiger partial charge in [0.1, 0.15) is 0 Å². The molecule has 10 heavy (non-hydrogen) atoms. The molecule has 0 amide bonds. The first kappa shape index (κ1) is 22.6. The second-order valence-electron chi connectivity index (χ2n) is 0.983. The molecule has 6 heteroatoms. The van der Waals surface area contributed by atoms with E-state index in [1.165, 1.54) is 0 Å². The zero-order chi connectivity index (χ0) is 7.15. The Morgan fingerprint density at radius 2 is 1.00 bits per heavy atom. The van der Waals surface area contributed by atoms with E-state index in [-0.39, 0.29) is 29.4 Å². The van der Waals surface area contributed by atoms with E-state index in [9.17, 15) is 0 Å². The van der Waals surface area contributed by atoms with Crippen LogP contribution in [0.15, 0.2) is 0 Å². The molecule has 0 aliphatic carbocycles. The zero-order valence-electron chi connectivity index (χ0n) is 5.63. The Balaban J connectivity index is -0.0000000300. The summed E-state index contributed by atoms with van der Waals surface area (Å²) in [7, 11) is 0. The van der Waals surface area contributed by atoms with Gasteiger partial charge in [-0.2, -0.15) is 0 Å². The van der Waals surface area contributed by atoms with Crippen molar-refractivity contribution >= 4 is 35.8 Å². The molecule has 0 aromatic rings. The predicted molar refractivity (Wildman–Crippen MR) is 30.7 cm³/mol. The van der Waals surface area contributed by atoms with Crippen LogP contribution in [0.4, 0.5) is 0 Å². The molecule has 0 rings (SSSR count). The van der Waals surface area contributed by atoms with Gasteiger partial charge in [-0.25, -0.2) is 0 Å². The van der Waals surface area contributed by atoms with E-state index in [0.29, 0.717) is 0 Å². The maximum Gasteiger partial charge on any atom is 2.00 e. The SMILES string of the molecule is CC(=O)[O-].CC(=O)[O-].O.[Sn+2]. The monoisotopic (exact) mass is 256 g/mol. The van der Waals surface area contributed by atoms with Crippen molar-refractivity contribution in [2.75, 3.05) is 0 Å². The van der Waals surface area contributed by atoms with Crippen LogP contribution in [-0.2, 0) is 9.59 Å². The molecule has 5 nitrogen and oxygen atoms in total. The smallest absolute Gasteiger partial charge is 0.550 e. The summed E-state index contributed by atoms with van der Waals surface area (Å²) in [5.74, 6) is -2.17. The van der Waals surface area contributed by atoms with Gasteiger partial charge in [0.2, 0.25) is 0 Å². The van der Waals surface area contributed by atoms with Crippen LogP contribution in [0.25, 0.3) is 0 Å². The first-order valence-corrected chi connectivity index (χ1v) is 1.82. The van der Waals surface area contributed by atoms with Gasteiger partial charge in [-0.05, 0) is 13.8 Å². The fourth-order valence-corrected chi connectivity index (χ4v) is 0. The van der Waals surface area contributed by atoms with Crippen LogP contribution < -0.4 is 10.2 Å². The third kappa shape index (κ3) is 3810. The van der Waals surface area contributed by atoms with Gasteiger partial charge in [0.05, 0.1) is 0 Å². The van der Waals surface area contributed by atoms with Crippen molar-refractivity contribution < 1.29 is 25.3 Å². The Bertz CT molecular complexity index is 71.6. The van der Waals surface area contributed by atoms with E-state index in [4.69, 9.17) is 19.8 Å². The molecule has 0 atom stereocenters. The van der Waals surface area contributed by atoms with Gasteiger partial charge in [-0.1, -0.05) is 0 Å². The quantitative estimate of drug-likeness (QED) is 0.414. The average Bonchev–Trinajstić information content (AvgIpc) is 1.25. The fourth-order valence-electron chi connectivity index (χ4n) is 0. The Morgan fingerprint density at radius 3 is 1.00 bits per heavy atom. The number of carboxylic acid groups (broad SMARTS) is 2. The Labute approximate surface area is 75.3 Å². The summed E-state index contributed by atoms with van der Waals surface area (Å²) in [5, 5.41) is 17.8. The summed E-state index contributed by atoms with van der Waals surface area (Å²) in [6, 6.07) is 0. The number of hydrogen-bond donors (Lipinski definition) is 0. The molecule has 0 aliphatic heterocycles. The van der Waals surface area contributed by atoms with Crippen molar-refractivity contribution in [2.45, 2.75) is 13.8 Å². The summed E-state index contributed by atoms with van der Waals surface area (Å²) in [5.41, 5.74) is 0. The van der Waals surface area contributed by atoms with Gasteiger partial charge in [-0.3, -0.25) is 0 Å². The van der Waals surface area contributed by atoms with Gasteiger partial charge in [0.15, 0.2) is 0 Å². The molecule has 0 aromatic heterocycles. The van der Waals surface area contributed by atoms with Crippen molar-refractivity contribution in [3.05, 3.63) is 0 Å². The van der Waals surface area contributed by atoms with Crippen molar-refractivity contribution in [1.82, 2.24) is 0 Å². The minimum Gasteiger partial charge on any atom is -0.550 e. The second kappa shape index (κ2) is 15.9. The maximum atomic E-state index is 8.89. The molecule has 0 spiro atoms. The van der Waals surface area contributed by atoms with Crippen LogP contribution in [0.3, 0.4) is 0 Å². The molecule has 0 unspecified atom stereocenters. The maximum absolute atomic E-state index is 8.89.